The lowest BCUT2D eigenvalue weighted by atomic mass is 10.2. The highest BCUT2D eigenvalue weighted by molar-refractivity contribution is 5.90. The molecule has 1 amide bonds. The third kappa shape index (κ3) is 4.44. The molecule has 0 aliphatic carbocycles. The summed E-state index contributed by atoms with van der Waals surface area (Å²) in [6.45, 7) is 5.40. The van der Waals surface area contributed by atoms with Crippen molar-refractivity contribution in [2.75, 3.05) is 19.0 Å². The number of rotatable bonds is 6. The summed E-state index contributed by atoms with van der Waals surface area (Å²) in [5, 5.41) is 6.08. The fraction of sp³-hybridized carbons (Fsp3) is 0.462. The van der Waals surface area contributed by atoms with Gasteiger partial charge in [-0.25, -0.2) is 0 Å². The molecule has 0 aromatic heterocycles. The lowest BCUT2D eigenvalue weighted by molar-refractivity contribution is -0.114. The molecule has 4 nitrogen and oxygen atoms in total. The second-order valence-electron chi connectivity index (χ2n) is 3.89. The standard InChI is InChI=1S/C13H20N2O2/c1-4-7-14-9-11-5-6-13(17-3)12(8-11)15-10(2)16/h5-6,8,14H,4,7,9H2,1-3H3,(H,15,16). The highest BCUT2D eigenvalue weighted by atomic mass is 16.5. The van der Waals surface area contributed by atoms with Crippen LogP contribution in [0.25, 0.3) is 0 Å². The van der Waals surface area contributed by atoms with Crippen LogP contribution in [0.3, 0.4) is 0 Å². The lowest BCUT2D eigenvalue weighted by Gasteiger charge is -2.11. The fourth-order valence-electron chi connectivity index (χ4n) is 1.56. The molecule has 17 heavy (non-hydrogen) atoms. The van der Waals surface area contributed by atoms with Gasteiger partial charge in [0.25, 0.3) is 0 Å². The molecule has 0 aliphatic heterocycles. The Kier molecular flexibility index (Phi) is 5.49. The van der Waals surface area contributed by atoms with E-state index < -0.39 is 0 Å². The molecule has 2 N–H and O–H groups in total. The predicted octanol–water partition coefficient (Wildman–Crippen LogP) is 2.15. The molecular formula is C13H20N2O2. The maximum absolute atomic E-state index is 11.1. The van der Waals surface area contributed by atoms with E-state index >= 15 is 0 Å². The SMILES string of the molecule is CCCNCc1ccc(OC)c(NC(C)=O)c1. The quantitative estimate of drug-likeness (QED) is 0.744. The number of benzene rings is 1. The first-order valence-corrected chi connectivity index (χ1v) is 5.82. The van der Waals surface area contributed by atoms with Crippen LogP contribution >= 0.6 is 0 Å². The van der Waals surface area contributed by atoms with E-state index in [0.717, 1.165) is 30.8 Å². The molecule has 0 aliphatic rings. The molecule has 0 heterocycles. The van der Waals surface area contributed by atoms with Crippen molar-refractivity contribution >= 4 is 11.6 Å². The molecule has 0 spiro atoms. The normalized spacial score (nSPS) is 10.1. The predicted molar refractivity (Wildman–Crippen MR) is 69.3 cm³/mol. The number of hydrogen-bond acceptors (Lipinski definition) is 3. The van der Waals surface area contributed by atoms with Gasteiger partial charge in [0.05, 0.1) is 12.8 Å². The topological polar surface area (TPSA) is 50.4 Å². The minimum absolute atomic E-state index is 0.0954. The summed E-state index contributed by atoms with van der Waals surface area (Å²) in [5.41, 5.74) is 1.85. The minimum atomic E-state index is -0.0954. The molecule has 94 valence electrons. The molecule has 0 bridgehead atoms. The van der Waals surface area contributed by atoms with Crippen molar-refractivity contribution in [3.8, 4) is 5.75 Å². The molecule has 1 aromatic carbocycles. The third-order valence-corrected chi connectivity index (χ3v) is 2.33. The number of carbonyl (C=O) groups is 1. The number of hydrogen-bond donors (Lipinski definition) is 2. The van der Waals surface area contributed by atoms with Crippen molar-refractivity contribution < 1.29 is 9.53 Å². The number of anilines is 1. The summed E-state index contributed by atoms with van der Waals surface area (Å²) in [7, 11) is 1.59. The summed E-state index contributed by atoms with van der Waals surface area (Å²) in [6, 6.07) is 5.80. The van der Waals surface area contributed by atoms with E-state index in [1.807, 2.05) is 18.2 Å². The number of ether oxygens (including phenoxy) is 1. The fourth-order valence-corrected chi connectivity index (χ4v) is 1.56. The summed E-state index contributed by atoms with van der Waals surface area (Å²) < 4.78 is 5.19. The van der Waals surface area contributed by atoms with Crippen molar-refractivity contribution in [1.29, 1.82) is 0 Å². The van der Waals surface area contributed by atoms with E-state index in [1.165, 1.54) is 6.92 Å². The Bertz CT molecular complexity index is 378. The van der Waals surface area contributed by atoms with Crippen LogP contribution in [0, 0.1) is 0 Å². The van der Waals surface area contributed by atoms with Gasteiger partial charge in [0.2, 0.25) is 5.91 Å². The van der Waals surface area contributed by atoms with Gasteiger partial charge >= 0.3 is 0 Å². The Morgan fingerprint density at radius 1 is 1.41 bits per heavy atom. The molecule has 0 radical (unpaired) electrons. The number of nitrogens with one attached hydrogen (secondary N) is 2. The van der Waals surface area contributed by atoms with Gasteiger partial charge in [0.15, 0.2) is 0 Å². The first kappa shape index (κ1) is 13.5. The van der Waals surface area contributed by atoms with Crippen molar-refractivity contribution in [2.45, 2.75) is 26.8 Å². The highest BCUT2D eigenvalue weighted by Gasteiger charge is 2.05. The summed E-state index contributed by atoms with van der Waals surface area (Å²) in [4.78, 5) is 11.1. The number of amides is 1. The maximum atomic E-state index is 11.1. The second-order valence-corrected chi connectivity index (χ2v) is 3.89. The molecule has 0 saturated heterocycles. The van der Waals surface area contributed by atoms with E-state index in [9.17, 15) is 4.79 Å². The zero-order valence-electron chi connectivity index (χ0n) is 10.7. The maximum Gasteiger partial charge on any atom is 0.221 e. The zero-order chi connectivity index (χ0) is 12.7. The largest absolute Gasteiger partial charge is 0.495 e. The van der Waals surface area contributed by atoms with Crippen molar-refractivity contribution in [1.82, 2.24) is 5.32 Å². The van der Waals surface area contributed by atoms with Gasteiger partial charge in [0, 0.05) is 13.5 Å². The van der Waals surface area contributed by atoms with E-state index in [2.05, 4.69) is 17.6 Å². The monoisotopic (exact) mass is 236 g/mol. The van der Waals surface area contributed by atoms with Gasteiger partial charge in [0.1, 0.15) is 5.75 Å². The molecule has 0 atom stereocenters. The minimum Gasteiger partial charge on any atom is -0.495 e. The van der Waals surface area contributed by atoms with Crippen LogP contribution in [0.1, 0.15) is 25.8 Å². The van der Waals surface area contributed by atoms with Gasteiger partial charge in [-0.1, -0.05) is 13.0 Å². The lowest BCUT2D eigenvalue weighted by Crippen LogP contribution is -2.14. The Balaban J connectivity index is 2.77. The second kappa shape index (κ2) is 6.91. The van der Waals surface area contributed by atoms with Crippen LogP contribution in [-0.2, 0) is 11.3 Å². The van der Waals surface area contributed by atoms with E-state index in [4.69, 9.17) is 4.74 Å². The average molecular weight is 236 g/mol. The molecule has 1 rings (SSSR count). The van der Waals surface area contributed by atoms with Crippen LogP contribution < -0.4 is 15.4 Å². The number of methoxy groups -OCH3 is 1. The number of carbonyl (C=O) groups excluding carboxylic acids is 1. The molecule has 1 aromatic rings. The van der Waals surface area contributed by atoms with Crippen LogP contribution in [0.2, 0.25) is 0 Å². The van der Waals surface area contributed by atoms with E-state index in [1.54, 1.807) is 7.11 Å². The summed E-state index contributed by atoms with van der Waals surface area (Å²) >= 11 is 0. The first-order chi connectivity index (χ1) is 8.17. The van der Waals surface area contributed by atoms with E-state index in [0.29, 0.717) is 5.75 Å². The van der Waals surface area contributed by atoms with Gasteiger partial charge in [-0.2, -0.15) is 0 Å². The Labute approximate surface area is 102 Å². The molecular weight excluding hydrogens is 216 g/mol. The van der Waals surface area contributed by atoms with Crippen molar-refractivity contribution in [2.24, 2.45) is 0 Å². The van der Waals surface area contributed by atoms with Crippen LogP contribution in [0.5, 0.6) is 5.75 Å². The van der Waals surface area contributed by atoms with E-state index in [-0.39, 0.29) is 5.91 Å². The third-order valence-electron chi connectivity index (χ3n) is 2.33. The Morgan fingerprint density at radius 3 is 2.76 bits per heavy atom. The zero-order valence-corrected chi connectivity index (χ0v) is 10.7. The molecule has 0 fully saturated rings. The summed E-state index contributed by atoms with van der Waals surface area (Å²) in [5.74, 6) is 0.585. The summed E-state index contributed by atoms with van der Waals surface area (Å²) in [6.07, 6.45) is 1.11. The van der Waals surface area contributed by atoms with Gasteiger partial charge in [-0.3, -0.25) is 4.79 Å². The van der Waals surface area contributed by atoms with Crippen LogP contribution in [0.4, 0.5) is 5.69 Å². The Hall–Kier alpha value is -1.55. The first-order valence-electron chi connectivity index (χ1n) is 5.82. The van der Waals surface area contributed by atoms with Crippen LogP contribution in [-0.4, -0.2) is 19.6 Å². The average Bonchev–Trinajstić information content (AvgIpc) is 2.29. The van der Waals surface area contributed by atoms with Gasteiger partial charge in [-0.05, 0) is 30.7 Å². The highest BCUT2D eigenvalue weighted by Crippen LogP contribution is 2.25. The van der Waals surface area contributed by atoms with Gasteiger partial charge < -0.3 is 15.4 Å². The van der Waals surface area contributed by atoms with Crippen molar-refractivity contribution in [3.63, 3.8) is 0 Å². The van der Waals surface area contributed by atoms with Crippen LogP contribution in [0.15, 0.2) is 18.2 Å². The molecule has 0 saturated carbocycles. The van der Waals surface area contributed by atoms with Crippen molar-refractivity contribution in [3.05, 3.63) is 23.8 Å². The Morgan fingerprint density at radius 2 is 2.18 bits per heavy atom. The smallest absolute Gasteiger partial charge is 0.221 e. The molecule has 4 heteroatoms. The molecule has 0 unspecified atom stereocenters. The van der Waals surface area contributed by atoms with Gasteiger partial charge in [-0.15, -0.1) is 0 Å².